The van der Waals surface area contributed by atoms with Gasteiger partial charge < -0.3 is 19.7 Å². The Morgan fingerprint density at radius 2 is 2.00 bits per heavy atom. The molecule has 2 N–H and O–H groups in total. The minimum absolute atomic E-state index is 0.00867. The van der Waals surface area contributed by atoms with Crippen molar-refractivity contribution in [3.8, 4) is 11.5 Å². The molecule has 1 saturated heterocycles. The number of nitrogens with one attached hydrogen (secondary N) is 2. The minimum Gasteiger partial charge on any atom is -0.486 e. The zero-order chi connectivity index (χ0) is 18.8. The van der Waals surface area contributed by atoms with Gasteiger partial charge in [-0.2, -0.15) is 0 Å². The third kappa shape index (κ3) is 4.04. The van der Waals surface area contributed by atoms with Gasteiger partial charge in [0.1, 0.15) is 19.3 Å². The summed E-state index contributed by atoms with van der Waals surface area (Å²) in [6, 6.07) is 12.0. The smallest absolute Gasteiger partial charge is 0.279 e. The average Bonchev–Trinajstić information content (AvgIpc) is 3.12. The SMILES string of the molecule is Cc1ccc(NC(=O)C[NH+]2CCC[C@@H]2c2ccc3c(c2)OCCO3)cc1Cl. The highest BCUT2D eigenvalue weighted by Crippen LogP contribution is 2.33. The van der Waals surface area contributed by atoms with Crippen molar-refractivity contribution >= 4 is 23.2 Å². The van der Waals surface area contributed by atoms with Crippen molar-refractivity contribution < 1.29 is 19.2 Å². The van der Waals surface area contributed by atoms with Gasteiger partial charge in [-0.05, 0) is 42.8 Å². The van der Waals surface area contributed by atoms with Gasteiger partial charge in [-0.1, -0.05) is 17.7 Å². The van der Waals surface area contributed by atoms with Crippen LogP contribution in [0.2, 0.25) is 5.02 Å². The van der Waals surface area contributed by atoms with E-state index in [0.717, 1.165) is 42.1 Å². The standard InChI is InChI=1S/C21H23ClN2O3/c1-14-4-6-16(12-17(14)22)23-21(25)13-24-8-2-3-18(24)15-5-7-19-20(11-15)27-10-9-26-19/h4-7,11-12,18H,2-3,8-10,13H2,1H3,(H,23,25)/p+1/t18-/m1/s1. The van der Waals surface area contributed by atoms with E-state index in [1.54, 1.807) is 6.07 Å². The van der Waals surface area contributed by atoms with E-state index in [2.05, 4.69) is 17.4 Å². The Kier molecular flexibility index (Phi) is 5.23. The molecule has 4 rings (SSSR count). The van der Waals surface area contributed by atoms with Crippen LogP contribution in [-0.2, 0) is 4.79 Å². The summed E-state index contributed by atoms with van der Waals surface area (Å²) in [6.07, 6.45) is 2.18. The first-order chi connectivity index (χ1) is 13.1. The van der Waals surface area contributed by atoms with Crippen molar-refractivity contribution in [2.24, 2.45) is 0 Å². The predicted octanol–water partition coefficient (Wildman–Crippen LogP) is 2.78. The monoisotopic (exact) mass is 387 g/mol. The summed E-state index contributed by atoms with van der Waals surface area (Å²) in [4.78, 5) is 13.8. The molecule has 2 aliphatic heterocycles. The lowest BCUT2D eigenvalue weighted by atomic mass is 10.0. The van der Waals surface area contributed by atoms with Gasteiger partial charge in [0.15, 0.2) is 18.0 Å². The Balaban J connectivity index is 1.43. The molecule has 5 nitrogen and oxygen atoms in total. The molecule has 0 saturated carbocycles. The van der Waals surface area contributed by atoms with E-state index in [4.69, 9.17) is 21.1 Å². The summed E-state index contributed by atoms with van der Waals surface area (Å²) in [5.41, 5.74) is 2.95. The van der Waals surface area contributed by atoms with Crippen LogP contribution in [0, 0.1) is 6.92 Å². The summed E-state index contributed by atoms with van der Waals surface area (Å²) < 4.78 is 11.3. The van der Waals surface area contributed by atoms with Crippen LogP contribution < -0.4 is 19.7 Å². The number of anilines is 1. The van der Waals surface area contributed by atoms with Crippen molar-refractivity contribution in [1.82, 2.24) is 0 Å². The number of benzene rings is 2. The van der Waals surface area contributed by atoms with E-state index in [1.807, 2.05) is 25.1 Å². The second-order valence-corrected chi connectivity index (χ2v) is 7.60. The molecule has 2 heterocycles. The highest BCUT2D eigenvalue weighted by atomic mass is 35.5. The van der Waals surface area contributed by atoms with Crippen LogP contribution in [-0.4, -0.2) is 32.2 Å². The maximum absolute atomic E-state index is 12.6. The van der Waals surface area contributed by atoms with Gasteiger partial charge in [0.2, 0.25) is 0 Å². The summed E-state index contributed by atoms with van der Waals surface area (Å²) in [5, 5.41) is 3.63. The van der Waals surface area contributed by atoms with Gasteiger partial charge in [-0.3, -0.25) is 4.79 Å². The number of aryl methyl sites for hydroxylation is 1. The third-order valence-corrected chi connectivity index (χ3v) is 5.70. The summed E-state index contributed by atoms with van der Waals surface area (Å²) in [6.45, 7) is 4.54. The summed E-state index contributed by atoms with van der Waals surface area (Å²) in [7, 11) is 0. The van der Waals surface area contributed by atoms with Crippen LogP contribution in [0.15, 0.2) is 36.4 Å². The Hall–Kier alpha value is -2.24. The van der Waals surface area contributed by atoms with E-state index in [-0.39, 0.29) is 5.91 Å². The first kappa shape index (κ1) is 18.1. The zero-order valence-electron chi connectivity index (χ0n) is 15.4. The van der Waals surface area contributed by atoms with E-state index in [0.29, 0.717) is 30.8 Å². The number of carbonyl (C=O) groups excluding carboxylic acids is 1. The predicted molar refractivity (Wildman–Crippen MR) is 105 cm³/mol. The number of amides is 1. The van der Waals surface area contributed by atoms with Crippen molar-refractivity contribution in [2.45, 2.75) is 25.8 Å². The van der Waals surface area contributed by atoms with Gasteiger partial charge in [-0.25, -0.2) is 0 Å². The maximum Gasteiger partial charge on any atom is 0.279 e. The Bertz CT molecular complexity index is 855. The number of carbonyl (C=O) groups is 1. The van der Waals surface area contributed by atoms with Gasteiger partial charge >= 0.3 is 0 Å². The second-order valence-electron chi connectivity index (χ2n) is 7.20. The second kappa shape index (κ2) is 7.79. The first-order valence-corrected chi connectivity index (χ1v) is 9.78. The Morgan fingerprint density at radius 1 is 1.19 bits per heavy atom. The average molecular weight is 388 g/mol. The molecule has 27 heavy (non-hydrogen) atoms. The van der Waals surface area contributed by atoms with E-state index in [1.165, 1.54) is 10.5 Å². The molecule has 6 heteroatoms. The topological polar surface area (TPSA) is 52.0 Å². The molecule has 2 atom stereocenters. The number of hydrogen-bond donors (Lipinski definition) is 2. The number of quaternary nitrogens is 1. The van der Waals surface area contributed by atoms with Crippen molar-refractivity contribution in [3.63, 3.8) is 0 Å². The molecule has 1 fully saturated rings. The summed E-state index contributed by atoms with van der Waals surface area (Å²) in [5.74, 6) is 1.62. The van der Waals surface area contributed by atoms with Gasteiger partial charge in [-0.15, -0.1) is 0 Å². The normalized spacial score (nSPS) is 21.1. The number of hydrogen-bond acceptors (Lipinski definition) is 3. The van der Waals surface area contributed by atoms with Crippen molar-refractivity contribution in [2.75, 3.05) is 31.6 Å². The van der Waals surface area contributed by atoms with Gasteiger partial charge in [0, 0.05) is 29.1 Å². The van der Waals surface area contributed by atoms with Crippen LogP contribution in [0.5, 0.6) is 11.5 Å². The fraction of sp³-hybridized carbons (Fsp3) is 0.381. The molecule has 1 amide bonds. The number of likely N-dealkylation sites (tertiary alicyclic amines) is 1. The van der Waals surface area contributed by atoms with Crippen LogP contribution in [0.1, 0.15) is 30.0 Å². The Labute approximate surface area is 164 Å². The maximum atomic E-state index is 12.6. The van der Waals surface area contributed by atoms with E-state index >= 15 is 0 Å². The lowest BCUT2D eigenvalue weighted by molar-refractivity contribution is -0.910. The lowest BCUT2D eigenvalue weighted by Crippen LogP contribution is -3.11. The van der Waals surface area contributed by atoms with Crippen LogP contribution >= 0.6 is 11.6 Å². The van der Waals surface area contributed by atoms with Gasteiger partial charge in [0.05, 0.1) is 6.54 Å². The largest absolute Gasteiger partial charge is 0.486 e. The molecule has 0 radical (unpaired) electrons. The molecular weight excluding hydrogens is 364 g/mol. The molecule has 2 aromatic carbocycles. The quantitative estimate of drug-likeness (QED) is 0.848. The molecule has 1 unspecified atom stereocenters. The van der Waals surface area contributed by atoms with Crippen molar-refractivity contribution in [3.05, 3.63) is 52.5 Å². The zero-order valence-corrected chi connectivity index (χ0v) is 16.1. The molecule has 0 aromatic heterocycles. The van der Waals surface area contributed by atoms with Crippen LogP contribution in [0.4, 0.5) is 5.69 Å². The fourth-order valence-corrected chi connectivity index (χ4v) is 4.06. The molecule has 2 aliphatic rings. The first-order valence-electron chi connectivity index (χ1n) is 9.40. The lowest BCUT2D eigenvalue weighted by Gasteiger charge is -2.24. The van der Waals surface area contributed by atoms with Crippen LogP contribution in [0.3, 0.4) is 0 Å². The molecule has 0 aliphatic carbocycles. The highest BCUT2D eigenvalue weighted by molar-refractivity contribution is 6.31. The minimum atomic E-state index is 0.00867. The fourth-order valence-electron chi connectivity index (χ4n) is 3.88. The number of halogens is 1. The molecule has 2 aromatic rings. The number of fused-ring (bicyclic) bond motifs is 1. The highest BCUT2D eigenvalue weighted by Gasteiger charge is 2.32. The molecule has 142 valence electrons. The number of ether oxygens (including phenoxy) is 2. The third-order valence-electron chi connectivity index (χ3n) is 5.30. The molecular formula is C21H24ClN2O3+. The number of rotatable bonds is 4. The van der Waals surface area contributed by atoms with Gasteiger partial charge in [0.25, 0.3) is 5.91 Å². The van der Waals surface area contributed by atoms with E-state index < -0.39 is 0 Å². The summed E-state index contributed by atoms with van der Waals surface area (Å²) >= 11 is 6.15. The van der Waals surface area contributed by atoms with Crippen LogP contribution in [0.25, 0.3) is 0 Å². The molecule has 0 bridgehead atoms. The molecule has 0 spiro atoms. The van der Waals surface area contributed by atoms with E-state index in [9.17, 15) is 4.79 Å². The van der Waals surface area contributed by atoms with Crippen molar-refractivity contribution in [1.29, 1.82) is 0 Å². The Morgan fingerprint density at radius 3 is 2.81 bits per heavy atom.